The molecule has 5 nitrogen and oxygen atoms in total. The van der Waals surface area contributed by atoms with E-state index in [0.717, 1.165) is 0 Å². The Morgan fingerprint density at radius 1 is 1.54 bits per heavy atom. The third kappa shape index (κ3) is 2.96. The van der Waals surface area contributed by atoms with E-state index in [-0.39, 0.29) is 18.1 Å². The van der Waals surface area contributed by atoms with Crippen LogP contribution in [0.2, 0.25) is 0 Å². The Morgan fingerprint density at radius 2 is 2.23 bits per heavy atom. The molecule has 1 heterocycles. The second kappa shape index (κ2) is 5.45. The molecular weight excluding hydrogens is 194 g/mol. The Kier molecular flexibility index (Phi) is 4.94. The van der Waals surface area contributed by atoms with Gasteiger partial charge >= 0.3 is 5.97 Å². The number of esters is 1. The van der Waals surface area contributed by atoms with Gasteiger partial charge in [-0.25, -0.2) is 4.79 Å². The number of hydrogen-bond acceptors (Lipinski definition) is 5. The molecule has 0 aliphatic heterocycles. The fraction of sp³-hybridized carbons (Fsp3) is 0.286. The van der Waals surface area contributed by atoms with Gasteiger partial charge in [0.2, 0.25) is 0 Å². The van der Waals surface area contributed by atoms with Crippen LogP contribution < -0.4 is 5.73 Å². The number of aromatic nitrogens is 2. The molecule has 0 radical (unpaired) electrons. The number of carbonyl (C=O) groups is 1. The van der Waals surface area contributed by atoms with Gasteiger partial charge < -0.3 is 10.5 Å². The van der Waals surface area contributed by atoms with Crippen molar-refractivity contribution >= 4 is 18.4 Å². The van der Waals surface area contributed by atoms with E-state index < -0.39 is 5.97 Å². The van der Waals surface area contributed by atoms with E-state index in [1.807, 2.05) is 0 Å². The van der Waals surface area contributed by atoms with Crippen LogP contribution in [-0.2, 0) is 11.3 Å². The van der Waals surface area contributed by atoms with Crippen LogP contribution >= 0.6 is 12.4 Å². The maximum atomic E-state index is 10.9. The highest BCUT2D eigenvalue weighted by molar-refractivity contribution is 5.86. The number of rotatable bonds is 2. The average molecular weight is 204 g/mol. The van der Waals surface area contributed by atoms with E-state index in [4.69, 9.17) is 5.73 Å². The molecule has 1 aromatic heterocycles. The van der Waals surface area contributed by atoms with Gasteiger partial charge in [0, 0.05) is 6.54 Å². The van der Waals surface area contributed by atoms with Crippen molar-refractivity contribution < 1.29 is 9.53 Å². The summed E-state index contributed by atoms with van der Waals surface area (Å²) in [6.45, 7) is 0.314. The molecule has 0 aliphatic rings. The van der Waals surface area contributed by atoms with Crippen LogP contribution in [0.25, 0.3) is 0 Å². The Balaban J connectivity index is 0.00000144. The van der Waals surface area contributed by atoms with E-state index in [9.17, 15) is 4.79 Å². The maximum Gasteiger partial charge on any atom is 0.358 e. The van der Waals surface area contributed by atoms with Crippen LogP contribution in [-0.4, -0.2) is 23.3 Å². The summed E-state index contributed by atoms with van der Waals surface area (Å²) in [5, 5.41) is 7.31. The zero-order valence-corrected chi connectivity index (χ0v) is 7.87. The third-order valence-electron chi connectivity index (χ3n) is 1.32. The molecule has 72 valence electrons. The quantitative estimate of drug-likeness (QED) is 0.692. The minimum atomic E-state index is -0.494. The van der Waals surface area contributed by atoms with Crippen molar-refractivity contribution in [3.8, 4) is 0 Å². The predicted molar refractivity (Wildman–Crippen MR) is 48.5 cm³/mol. The number of ether oxygens (including phenoxy) is 1. The largest absolute Gasteiger partial charge is 0.464 e. The van der Waals surface area contributed by atoms with Crippen LogP contribution in [0.4, 0.5) is 0 Å². The van der Waals surface area contributed by atoms with Crippen molar-refractivity contribution in [3.05, 3.63) is 23.5 Å². The summed E-state index contributed by atoms with van der Waals surface area (Å²) in [5.74, 6) is -0.494. The molecule has 0 amide bonds. The van der Waals surface area contributed by atoms with Crippen LogP contribution in [0.5, 0.6) is 0 Å². The molecular formula is C7H10ClN3O2. The molecule has 2 N–H and O–H groups in total. The Labute approximate surface area is 81.7 Å². The average Bonchev–Trinajstić information content (AvgIpc) is 2.17. The van der Waals surface area contributed by atoms with Crippen molar-refractivity contribution in [2.75, 3.05) is 7.11 Å². The van der Waals surface area contributed by atoms with Gasteiger partial charge in [-0.15, -0.1) is 17.5 Å². The molecule has 0 saturated carbocycles. The summed E-state index contributed by atoms with van der Waals surface area (Å²) in [6.07, 6.45) is 0. The fourth-order valence-electron chi connectivity index (χ4n) is 0.682. The molecule has 6 heteroatoms. The lowest BCUT2D eigenvalue weighted by atomic mass is 10.3. The molecule has 0 saturated heterocycles. The monoisotopic (exact) mass is 203 g/mol. The van der Waals surface area contributed by atoms with Gasteiger partial charge in [-0.1, -0.05) is 0 Å². The minimum absolute atomic E-state index is 0. The molecule has 0 bridgehead atoms. The molecule has 1 aromatic rings. The molecule has 0 aliphatic carbocycles. The topological polar surface area (TPSA) is 78.1 Å². The van der Waals surface area contributed by atoms with Crippen LogP contribution in [0, 0.1) is 0 Å². The fourth-order valence-corrected chi connectivity index (χ4v) is 0.682. The normalized spacial score (nSPS) is 8.77. The number of nitrogens with zero attached hydrogens (tertiary/aromatic N) is 2. The lowest BCUT2D eigenvalue weighted by Crippen LogP contribution is -2.08. The predicted octanol–water partition coefficient (Wildman–Crippen LogP) is 0.144. The Morgan fingerprint density at radius 3 is 2.62 bits per heavy atom. The summed E-state index contributed by atoms with van der Waals surface area (Å²) >= 11 is 0. The highest BCUT2D eigenvalue weighted by Crippen LogP contribution is 1.96. The molecule has 0 fully saturated rings. The smallest absolute Gasteiger partial charge is 0.358 e. The second-order valence-corrected chi connectivity index (χ2v) is 2.11. The number of methoxy groups -OCH3 is 1. The number of nitrogens with two attached hydrogens (primary N) is 1. The van der Waals surface area contributed by atoms with Gasteiger partial charge in [0.25, 0.3) is 0 Å². The van der Waals surface area contributed by atoms with Gasteiger partial charge in [-0.05, 0) is 12.1 Å². The Hall–Kier alpha value is -1.20. The van der Waals surface area contributed by atoms with E-state index in [1.165, 1.54) is 13.2 Å². The van der Waals surface area contributed by atoms with Gasteiger partial charge in [-0.3, -0.25) is 0 Å². The lowest BCUT2D eigenvalue weighted by molar-refractivity contribution is 0.0592. The minimum Gasteiger partial charge on any atom is -0.464 e. The van der Waals surface area contributed by atoms with Crippen LogP contribution in [0.15, 0.2) is 12.1 Å². The maximum absolute atomic E-state index is 10.9. The van der Waals surface area contributed by atoms with Crippen LogP contribution in [0.1, 0.15) is 16.2 Å². The first-order valence-corrected chi connectivity index (χ1v) is 3.39. The van der Waals surface area contributed by atoms with Crippen molar-refractivity contribution in [1.29, 1.82) is 0 Å². The van der Waals surface area contributed by atoms with Crippen molar-refractivity contribution in [1.82, 2.24) is 10.2 Å². The summed E-state index contributed by atoms with van der Waals surface area (Å²) in [4.78, 5) is 10.9. The van der Waals surface area contributed by atoms with E-state index in [0.29, 0.717) is 12.2 Å². The Bertz CT molecular complexity index is 276. The zero-order valence-electron chi connectivity index (χ0n) is 7.06. The van der Waals surface area contributed by atoms with Gasteiger partial charge in [0.15, 0.2) is 5.69 Å². The molecule has 0 atom stereocenters. The highest BCUT2D eigenvalue weighted by Gasteiger charge is 2.06. The van der Waals surface area contributed by atoms with Gasteiger partial charge in [-0.2, -0.15) is 5.10 Å². The van der Waals surface area contributed by atoms with Crippen molar-refractivity contribution in [2.45, 2.75) is 6.54 Å². The summed E-state index contributed by atoms with van der Waals surface area (Å²) in [5.41, 5.74) is 6.12. The van der Waals surface area contributed by atoms with E-state index in [2.05, 4.69) is 14.9 Å². The van der Waals surface area contributed by atoms with Gasteiger partial charge in [0.1, 0.15) is 0 Å². The number of hydrogen-bond donors (Lipinski definition) is 1. The SMILES string of the molecule is COC(=O)c1ccc(CN)nn1.Cl. The molecule has 13 heavy (non-hydrogen) atoms. The van der Waals surface area contributed by atoms with Crippen molar-refractivity contribution in [2.24, 2.45) is 5.73 Å². The molecule has 0 spiro atoms. The summed E-state index contributed by atoms with van der Waals surface area (Å²) < 4.78 is 4.44. The molecule has 0 unspecified atom stereocenters. The first-order valence-electron chi connectivity index (χ1n) is 3.39. The molecule has 1 rings (SSSR count). The van der Waals surface area contributed by atoms with E-state index >= 15 is 0 Å². The first-order chi connectivity index (χ1) is 5.77. The van der Waals surface area contributed by atoms with Crippen LogP contribution in [0.3, 0.4) is 0 Å². The van der Waals surface area contributed by atoms with E-state index in [1.54, 1.807) is 6.07 Å². The first kappa shape index (κ1) is 11.8. The zero-order chi connectivity index (χ0) is 8.97. The third-order valence-corrected chi connectivity index (χ3v) is 1.32. The summed E-state index contributed by atoms with van der Waals surface area (Å²) in [6, 6.07) is 3.17. The highest BCUT2D eigenvalue weighted by atomic mass is 35.5. The molecule has 0 aromatic carbocycles. The number of halogens is 1. The summed E-state index contributed by atoms with van der Waals surface area (Å²) in [7, 11) is 1.29. The van der Waals surface area contributed by atoms with Gasteiger partial charge in [0.05, 0.1) is 12.8 Å². The van der Waals surface area contributed by atoms with Crippen molar-refractivity contribution in [3.63, 3.8) is 0 Å². The lowest BCUT2D eigenvalue weighted by Gasteiger charge is -1.97. The second-order valence-electron chi connectivity index (χ2n) is 2.11. The number of carbonyl (C=O) groups excluding carboxylic acids is 1. The standard InChI is InChI=1S/C7H9N3O2.ClH/c1-12-7(11)6-3-2-5(4-8)9-10-6;/h2-3H,4,8H2,1H3;1H.